The number of carbonyl (C=O) groups excluding carboxylic acids is 3. The Hall–Kier alpha value is -1.69. The van der Waals surface area contributed by atoms with Gasteiger partial charge in [-0.25, -0.2) is 9.59 Å². The molecule has 2 saturated carbocycles. The molecule has 0 amide bonds. The summed E-state index contributed by atoms with van der Waals surface area (Å²) in [7, 11) is 0. The van der Waals surface area contributed by atoms with E-state index in [2.05, 4.69) is 6.92 Å². The van der Waals surface area contributed by atoms with Gasteiger partial charge in [0.25, 0.3) is 0 Å². The molecule has 1 heterocycles. The molecule has 1 spiro atoms. The molecule has 0 bridgehead atoms. The van der Waals surface area contributed by atoms with Crippen molar-refractivity contribution in [2.24, 2.45) is 29.1 Å². The number of hydrogen-bond donors (Lipinski definition) is 1. The maximum Gasteiger partial charge on any atom is 0.352 e. The number of ether oxygens (including phenoxy) is 2. The van der Waals surface area contributed by atoms with E-state index in [4.69, 9.17) is 9.47 Å². The van der Waals surface area contributed by atoms with Gasteiger partial charge in [0, 0.05) is 5.92 Å². The van der Waals surface area contributed by atoms with Crippen molar-refractivity contribution in [2.75, 3.05) is 6.61 Å². The van der Waals surface area contributed by atoms with Gasteiger partial charge in [-0.2, -0.15) is 0 Å². The molecule has 3 fully saturated rings. The topological polar surface area (TPSA) is 89.9 Å². The fraction of sp³-hybridized carbons (Fsp3) is 0.773. The molecule has 1 N–H and O–H groups in total. The zero-order valence-electron chi connectivity index (χ0n) is 17.7. The van der Waals surface area contributed by atoms with Crippen LogP contribution in [0.25, 0.3) is 0 Å². The van der Waals surface area contributed by atoms with Crippen molar-refractivity contribution in [3.63, 3.8) is 0 Å². The average molecular weight is 392 g/mol. The molecular formula is C22H32O6. The second-order valence-electron chi connectivity index (χ2n) is 9.26. The number of Topliss-reactive ketones (excluding diaryl/α,β-unsaturated/α-hetero) is 1. The lowest BCUT2D eigenvalue weighted by atomic mass is 9.47. The summed E-state index contributed by atoms with van der Waals surface area (Å²) in [5.41, 5.74) is -4.27. The summed E-state index contributed by atoms with van der Waals surface area (Å²) in [5.74, 6) is -3.02. The van der Waals surface area contributed by atoms with Crippen LogP contribution in [0.2, 0.25) is 0 Å². The van der Waals surface area contributed by atoms with E-state index in [9.17, 15) is 19.5 Å². The predicted octanol–water partition coefficient (Wildman–Crippen LogP) is 2.82. The monoisotopic (exact) mass is 392 g/mol. The fourth-order valence-electron chi connectivity index (χ4n) is 6.26. The van der Waals surface area contributed by atoms with Gasteiger partial charge < -0.3 is 14.6 Å². The highest BCUT2D eigenvalue weighted by atomic mass is 16.6. The Morgan fingerprint density at radius 2 is 1.93 bits per heavy atom. The standard InChI is InChI=1S/C22H32O6/c1-7-27-19(25)22-14(5)8-9-16-13(4)11-15(10-12(2)3)21(16,22)17(23)20(6,26)18(24)28-22/h10,13-16,26H,7-9,11H2,1-6H3/t13-,14-,15?,16+,20-,21-,22+/m0/s1. The molecule has 0 aromatic rings. The normalized spacial score (nSPS) is 45.0. The first-order valence-corrected chi connectivity index (χ1v) is 10.3. The van der Waals surface area contributed by atoms with E-state index in [1.165, 1.54) is 6.92 Å². The van der Waals surface area contributed by atoms with Gasteiger partial charge in [-0.3, -0.25) is 4.79 Å². The van der Waals surface area contributed by atoms with Crippen LogP contribution in [0.1, 0.15) is 60.8 Å². The maximum absolute atomic E-state index is 13.9. The van der Waals surface area contributed by atoms with E-state index >= 15 is 0 Å². The van der Waals surface area contributed by atoms with Crippen molar-refractivity contribution in [3.8, 4) is 0 Å². The van der Waals surface area contributed by atoms with Crippen molar-refractivity contribution >= 4 is 17.7 Å². The molecule has 0 aromatic heterocycles. The van der Waals surface area contributed by atoms with Gasteiger partial charge in [-0.15, -0.1) is 0 Å². The second kappa shape index (κ2) is 6.68. The Morgan fingerprint density at radius 1 is 1.29 bits per heavy atom. The minimum Gasteiger partial charge on any atom is -0.463 e. The Labute approximate surface area is 166 Å². The van der Waals surface area contributed by atoms with E-state index < -0.39 is 34.3 Å². The number of esters is 2. The van der Waals surface area contributed by atoms with E-state index in [1.807, 2.05) is 26.8 Å². The molecule has 0 aromatic carbocycles. The van der Waals surface area contributed by atoms with Crippen LogP contribution >= 0.6 is 0 Å². The van der Waals surface area contributed by atoms with Gasteiger partial charge in [0.2, 0.25) is 11.2 Å². The third kappa shape index (κ3) is 2.39. The lowest BCUT2D eigenvalue weighted by molar-refractivity contribution is -0.255. The van der Waals surface area contributed by atoms with Gasteiger partial charge in [0.1, 0.15) is 0 Å². The molecule has 7 atom stereocenters. The van der Waals surface area contributed by atoms with E-state index in [1.54, 1.807) is 6.92 Å². The summed E-state index contributed by atoms with van der Waals surface area (Å²) < 4.78 is 11.2. The van der Waals surface area contributed by atoms with Crippen molar-refractivity contribution < 1.29 is 29.0 Å². The Kier molecular flexibility index (Phi) is 5.02. The molecule has 2 aliphatic carbocycles. The summed E-state index contributed by atoms with van der Waals surface area (Å²) in [6, 6.07) is 0. The molecule has 6 heteroatoms. The summed E-state index contributed by atoms with van der Waals surface area (Å²) in [6.45, 7) is 10.8. The first kappa shape index (κ1) is 21.0. The van der Waals surface area contributed by atoms with E-state index in [-0.39, 0.29) is 30.3 Å². The zero-order chi connectivity index (χ0) is 21.1. The van der Waals surface area contributed by atoms with Gasteiger partial charge in [0.05, 0.1) is 12.0 Å². The minimum absolute atomic E-state index is 0.124. The first-order valence-electron chi connectivity index (χ1n) is 10.3. The lowest BCUT2D eigenvalue weighted by Crippen LogP contribution is -2.78. The number of carbonyl (C=O) groups is 3. The molecule has 0 radical (unpaired) electrons. The van der Waals surface area contributed by atoms with Crippen LogP contribution in [0.15, 0.2) is 11.6 Å². The molecular weight excluding hydrogens is 360 g/mol. The largest absolute Gasteiger partial charge is 0.463 e. The molecule has 28 heavy (non-hydrogen) atoms. The molecule has 1 aliphatic heterocycles. The number of aliphatic hydroxyl groups is 1. The zero-order valence-corrected chi connectivity index (χ0v) is 17.7. The quantitative estimate of drug-likeness (QED) is 0.451. The molecule has 1 unspecified atom stereocenters. The smallest absolute Gasteiger partial charge is 0.352 e. The van der Waals surface area contributed by atoms with E-state index in [0.29, 0.717) is 12.8 Å². The summed E-state index contributed by atoms with van der Waals surface area (Å²) in [4.78, 5) is 40.0. The van der Waals surface area contributed by atoms with Gasteiger partial charge in [-0.1, -0.05) is 25.5 Å². The SMILES string of the molecule is CCOC(=O)[C@@]12OC(=O)[C@@](C)(O)C(=O)[C@@]13C(C=C(C)C)C[C@H](C)[C@H]3CC[C@@H]2C. The Morgan fingerprint density at radius 3 is 2.50 bits per heavy atom. The van der Waals surface area contributed by atoms with Crippen LogP contribution in [-0.2, 0) is 23.9 Å². The van der Waals surface area contributed by atoms with Crippen molar-refractivity contribution in [2.45, 2.75) is 72.0 Å². The van der Waals surface area contributed by atoms with Crippen LogP contribution in [0.4, 0.5) is 0 Å². The average Bonchev–Trinajstić information content (AvgIpc) is 2.87. The highest BCUT2D eigenvalue weighted by Gasteiger charge is 2.81. The van der Waals surface area contributed by atoms with E-state index in [0.717, 1.165) is 12.0 Å². The fourth-order valence-corrected chi connectivity index (χ4v) is 6.26. The second-order valence-corrected chi connectivity index (χ2v) is 9.26. The lowest BCUT2D eigenvalue weighted by Gasteiger charge is -2.60. The van der Waals surface area contributed by atoms with Gasteiger partial charge >= 0.3 is 11.9 Å². The van der Waals surface area contributed by atoms with Crippen LogP contribution in [0, 0.1) is 29.1 Å². The van der Waals surface area contributed by atoms with Crippen LogP contribution in [-0.4, -0.2) is 40.6 Å². The summed E-state index contributed by atoms with van der Waals surface area (Å²) >= 11 is 0. The van der Waals surface area contributed by atoms with Gasteiger partial charge in [-0.05, 0) is 64.7 Å². The number of hydrogen-bond acceptors (Lipinski definition) is 6. The number of allylic oxidation sites excluding steroid dienone is 2. The first-order chi connectivity index (χ1) is 13.0. The Bertz CT molecular complexity index is 733. The summed E-state index contributed by atoms with van der Waals surface area (Å²) in [6.07, 6.45) is 4.11. The van der Waals surface area contributed by atoms with Gasteiger partial charge in [0.15, 0.2) is 5.78 Å². The van der Waals surface area contributed by atoms with Crippen molar-refractivity contribution in [1.29, 1.82) is 0 Å². The molecule has 3 rings (SSSR count). The third-order valence-electron chi connectivity index (χ3n) is 7.28. The summed E-state index contributed by atoms with van der Waals surface area (Å²) in [5, 5.41) is 10.8. The highest BCUT2D eigenvalue weighted by Crippen LogP contribution is 2.68. The third-order valence-corrected chi connectivity index (χ3v) is 7.28. The number of ketones is 1. The van der Waals surface area contributed by atoms with Crippen molar-refractivity contribution in [3.05, 3.63) is 11.6 Å². The highest BCUT2D eigenvalue weighted by molar-refractivity contribution is 6.15. The minimum atomic E-state index is -2.27. The van der Waals surface area contributed by atoms with Crippen LogP contribution in [0.3, 0.4) is 0 Å². The van der Waals surface area contributed by atoms with Crippen molar-refractivity contribution in [1.82, 2.24) is 0 Å². The van der Waals surface area contributed by atoms with Crippen LogP contribution < -0.4 is 0 Å². The molecule has 1 saturated heterocycles. The Balaban J connectivity index is 2.37. The molecule has 6 nitrogen and oxygen atoms in total. The molecule has 3 aliphatic rings. The maximum atomic E-state index is 13.9. The van der Waals surface area contributed by atoms with Crippen LogP contribution in [0.5, 0.6) is 0 Å². The molecule has 156 valence electrons. The number of rotatable bonds is 3. The predicted molar refractivity (Wildman–Crippen MR) is 102 cm³/mol.